The van der Waals surface area contributed by atoms with Crippen molar-refractivity contribution < 1.29 is 9.53 Å². The maximum atomic E-state index is 11.4. The van der Waals surface area contributed by atoms with Gasteiger partial charge in [-0.2, -0.15) is 0 Å². The molecule has 0 aliphatic carbocycles. The van der Waals surface area contributed by atoms with E-state index in [1.165, 1.54) is 12.7 Å². The third-order valence-electron chi connectivity index (χ3n) is 2.67. The van der Waals surface area contributed by atoms with E-state index in [1.54, 1.807) is 0 Å². The van der Waals surface area contributed by atoms with Gasteiger partial charge < -0.3 is 10.1 Å². The molecule has 1 N–H and O–H groups in total. The summed E-state index contributed by atoms with van der Waals surface area (Å²) in [5, 5.41) is 3.30. The van der Waals surface area contributed by atoms with Gasteiger partial charge in [0.1, 0.15) is 0 Å². The maximum Gasteiger partial charge on any atom is 0.338 e. The zero-order chi connectivity index (χ0) is 10.1. The van der Waals surface area contributed by atoms with Crippen molar-refractivity contribution >= 4 is 5.97 Å². The highest BCUT2D eigenvalue weighted by atomic mass is 16.5. The lowest BCUT2D eigenvalue weighted by molar-refractivity contribution is 0.0599. The molecule has 0 bridgehead atoms. The molecule has 0 saturated heterocycles. The normalized spacial score (nSPS) is 19.1. The SMILES string of the molecule is COC(=O)c1cccc2c1CN[C@H]2C. The lowest BCUT2D eigenvalue weighted by Gasteiger charge is -2.06. The zero-order valence-electron chi connectivity index (χ0n) is 8.33. The van der Waals surface area contributed by atoms with E-state index in [4.69, 9.17) is 4.74 Å². The van der Waals surface area contributed by atoms with E-state index in [0.717, 1.165) is 12.1 Å². The molecule has 1 aliphatic heterocycles. The van der Waals surface area contributed by atoms with Gasteiger partial charge in [0.05, 0.1) is 12.7 Å². The predicted octanol–water partition coefficient (Wildman–Crippen LogP) is 1.64. The van der Waals surface area contributed by atoms with Crippen molar-refractivity contribution in [3.63, 3.8) is 0 Å². The Morgan fingerprint density at radius 1 is 1.57 bits per heavy atom. The van der Waals surface area contributed by atoms with Crippen LogP contribution in [-0.4, -0.2) is 13.1 Å². The number of hydrogen-bond donors (Lipinski definition) is 1. The van der Waals surface area contributed by atoms with Gasteiger partial charge in [-0.05, 0) is 24.1 Å². The summed E-state index contributed by atoms with van der Waals surface area (Å²) in [5.74, 6) is -0.252. The minimum atomic E-state index is -0.252. The Hall–Kier alpha value is -1.35. The second kappa shape index (κ2) is 3.42. The Morgan fingerprint density at radius 2 is 2.36 bits per heavy atom. The second-order valence-electron chi connectivity index (χ2n) is 3.47. The second-order valence-corrected chi connectivity index (χ2v) is 3.47. The molecule has 1 aromatic rings. The first-order valence-corrected chi connectivity index (χ1v) is 4.67. The molecule has 0 fully saturated rings. The quantitative estimate of drug-likeness (QED) is 0.686. The van der Waals surface area contributed by atoms with E-state index in [0.29, 0.717) is 11.6 Å². The summed E-state index contributed by atoms with van der Waals surface area (Å²) in [5.41, 5.74) is 2.96. The van der Waals surface area contributed by atoms with Gasteiger partial charge in [-0.1, -0.05) is 12.1 Å². The molecule has 0 saturated carbocycles. The number of carbonyl (C=O) groups is 1. The molecule has 1 atom stereocenters. The van der Waals surface area contributed by atoms with Crippen LogP contribution in [0.3, 0.4) is 0 Å². The van der Waals surface area contributed by atoms with Gasteiger partial charge in [0.25, 0.3) is 0 Å². The minimum Gasteiger partial charge on any atom is -0.465 e. The number of rotatable bonds is 1. The van der Waals surface area contributed by atoms with Crippen LogP contribution in [0.2, 0.25) is 0 Å². The third kappa shape index (κ3) is 1.30. The molecule has 1 aliphatic rings. The summed E-state index contributed by atoms with van der Waals surface area (Å²) >= 11 is 0. The number of fused-ring (bicyclic) bond motifs is 1. The molecule has 0 spiro atoms. The highest BCUT2D eigenvalue weighted by molar-refractivity contribution is 5.91. The topological polar surface area (TPSA) is 38.3 Å². The van der Waals surface area contributed by atoms with Crippen LogP contribution in [0, 0.1) is 0 Å². The Labute approximate surface area is 83.1 Å². The molecule has 14 heavy (non-hydrogen) atoms. The molecule has 0 aromatic heterocycles. The first-order chi connectivity index (χ1) is 6.74. The summed E-state index contributed by atoms with van der Waals surface area (Å²) in [6, 6.07) is 6.08. The predicted molar refractivity (Wildman–Crippen MR) is 53.0 cm³/mol. The van der Waals surface area contributed by atoms with Crippen molar-refractivity contribution in [2.24, 2.45) is 0 Å². The summed E-state index contributed by atoms with van der Waals surface area (Å²) in [6.45, 7) is 2.84. The highest BCUT2D eigenvalue weighted by Gasteiger charge is 2.23. The Bertz CT molecular complexity index is 374. The molecule has 2 rings (SSSR count). The van der Waals surface area contributed by atoms with Gasteiger partial charge in [-0.15, -0.1) is 0 Å². The molecule has 0 unspecified atom stereocenters. The largest absolute Gasteiger partial charge is 0.465 e. The van der Waals surface area contributed by atoms with Crippen molar-refractivity contribution in [3.05, 3.63) is 34.9 Å². The Kier molecular flexibility index (Phi) is 2.25. The number of ether oxygens (including phenoxy) is 1. The fourth-order valence-corrected chi connectivity index (χ4v) is 1.87. The highest BCUT2D eigenvalue weighted by Crippen LogP contribution is 2.27. The van der Waals surface area contributed by atoms with Crippen LogP contribution in [0.1, 0.15) is 34.5 Å². The Morgan fingerprint density at radius 3 is 3.07 bits per heavy atom. The molecule has 74 valence electrons. The molecular formula is C11H13NO2. The van der Waals surface area contributed by atoms with E-state index in [-0.39, 0.29) is 5.97 Å². The number of hydrogen-bond acceptors (Lipinski definition) is 3. The first kappa shape index (κ1) is 9.21. The average molecular weight is 191 g/mol. The monoisotopic (exact) mass is 191 g/mol. The van der Waals surface area contributed by atoms with Crippen molar-refractivity contribution in [2.45, 2.75) is 19.5 Å². The molecule has 1 aromatic carbocycles. The summed E-state index contributed by atoms with van der Waals surface area (Å²) < 4.78 is 4.73. The molecule has 0 amide bonds. The van der Waals surface area contributed by atoms with E-state index < -0.39 is 0 Å². The molecule has 1 heterocycles. The summed E-state index contributed by atoms with van der Waals surface area (Å²) in [6.07, 6.45) is 0. The number of nitrogens with one attached hydrogen (secondary N) is 1. The van der Waals surface area contributed by atoms with Gasteiger partial charge >= 0.3 is 5.97 Å². The van der Waals surface area contributed by atoms with Gasteiger partial charge in [0.15, 0.2) is 0 Å². The van der Waals surface area contributed by atoms with Crippen LogP contribution in [0.15, 0.2) is 18.2 Å². The van der Waals surface area contributed by atoms with Crippen molar-refractivity contribution in [1.29, 1.82) is 0 Å². The van der Waals surface area contributed by atoms with E-state index in [9.17, 15) is 4.79 Å². The third-order valence-corrected chi connectivity index (χ3v) is 2.67. The lowest BCUT2D eigenvalue weighted by atomic mass is 10.0. The summed E-state index contributed by atoms with van der Waals surface area (Å²) in [4.78, 5) is 11.4. The minimum absolute atomic E-state index is 0.252. The maximum absolute atomic E-state index is 11.4. The number of carbonyl (C=O) groups excluding carboxylic acids is 1. The first-order valence-electron chi connectivity index (χ1n) is 4.67. The van der Waals surface area contributed by atoms with Crippen LogP contribution >= 0.6 is 0 Å². The van der Waals surface area contributed by atoms with Crippen molar-refractivity contribution in [2.75, 3.05) is 7.11 Å². The van der Waals surface area contributed by atoms with Crippen LogP contribution in [0.25, 0.3) is 0 Å². The van der Waals surface area contributed by atoms with Crippen LogP contribution < -0.4 is 5.32 Å². The van der Waals surface area contributed by atoms with Gasteiger partial charge in [-0.25, -0.2) is 4.79 Å². The number of esters is 1. The molecular weight excluding hydrogens is 178 g/mol. The van der Waals surface area contributed by atoms with Gasteiger partial charge in [0, 0.05) is 12.6 Å². The fourth-order valence-electron chi connectivity index (χ4n) is 1.87. The van der Waals surface area contributed by atoms with Gasteiger partial charge in [0.2, 0.25) is 0 Å². The van der Waals surface area contributed by atoms with E-state index >= 15 is 0 Å². The molecule has 3 nitrogen and oxygen atoms in total. The lowest BCUT2D eigenvalue weighted by Crippen LogP contribution is -2.08. The fraction of sp³-hybridized carbons (Fsp3) is 0.364. The number of benzene rings is 1. The van der Waals surface area contributed by atoms with Crippen LogP contribution in [0.4, 0.5) is 0 Å². The number of methoxy groups -OCH3 is 1. The van der Waals surface area contributed by atoms with Crippen molar-refractivity contribution in [3.8, 4) is 0 Å². The van der Waals surface area contributed by atoms with Gasteiger partial charge in [-0.3, -0.25) is 0 Å². The van der Waals surface area contributed by atoms with Crippen LogP contribution in [-0.2, 0) is 11.3 Å². The molecule has 0 radical (unpaired) electrons. The molecule has 3 heteroatoms. The van der Waals surface area contributed by atoms with E-state index in [1.807, 2.05) is 18.2 Å². The standard InChI is InChI=1S/C11H13NO2/c1-7-8-4-3-5-9(11(13)14-2)10(8)6-12-7/h3-5,7,12H,6H2,1-2H3/t7-/m0/s1. The van der Waals surface area contributed by atoms with Crippen molar-refractivity contribution in [1.82, 2.24) is 5.32 Å². The van der Waals surface area contributed by atoms with Crippen LogP contribution in [0.5, 0.6) is 0 Å². The average Bonchev–Trinajstić information content (AvgIpc) is 2.59. The smallest absolute Gasteiger partial charge is 0.338 e. The van der Waals surface area contributed by atoms with E-state index in [2.05, 4.69) is 12.2 Å². The Balaban J connectivity index is 2.49. The zero-order valence-corrected chi connectivity index (χ0v) is 8.33. The summed E-state index contributed by atoms with van der Waals surface area (Å²) in [7, 11) is 1.41.